The first kappa shape index (κ1) is 26.8. The molecule has 0 saturated heterocycles. The summed E-state index contributed by atoms with van der Waals surface area (Å²) >= 11 is 0.741. The van der Waals surface area contributed by atoms with Crippen LogP contribution in [0.1, 0.15) is 25.0 Å². The highest BCUT2D eigenvalue weighted by atomic mass is 32.2. The average Bonchev–Trinajstić information content (AvgIpc) is 3.31. The van der Waals surface area contributed by atoms with Gasteiger partial charge in [0.15, 0.2) is 0 Å². The predicted molar refractivity (Wildman–Crippen MR) is 138 cm³/mol. The zero-order chi connectivity index (χ0) is 26.1. The zero-order valence-electron chi connectivity index (χ0n) is 20.1. The first-order valence-corrected chi connectivity index (χ1v) is 13.5. The number of sulfone groups is 1. The Morgan fingerprint density at radius 2 is 1.83 bits per heavy atom. The number of aromatic nitrogens is 2. The number of carbonyl (C=O) groups excluding carboxylic acids is 1. The standard InChI is InChI=1S/C25H26N4O5S2/c1-17(2)16-36(31,32)25-28-24(35-29-25)27-23(30)20(15-26)14-19-8-10-21(11-9-19)33-12-13-34-22-7-5-4-6-18(22)3/h4-11,14,17H,12-13,16H2,1-3H3,(H,27,28,29,30)/b20-14-. The molecule has 0 bridgehead atoms. The second kappa shape index (κ2) is 12.3. The van der Waals surface area contributed by atoms with Crippen LogP contribution in [0.25, 0.3) is 6.08 Å². The molecule has 0 saturated carbocycles. The number of benzene rings is 2. The molecule has 1 N–H and O–H groups in total. The summed E-state index contributed by atoms with van der Waals surface area (Å²) in [5.74, 6) is 0.529. The maximum absolute atomic E-state index is 12.5. The van der Waals surface area contributed by atoms with Crippen LogP contribution in [-0.2, 0) is 14.6 Å². The molecule has 2 aromatic carbocycles. The van der Waals surface area contributed by atoms with Crippen molar-refractivity contribution in [1.29, 1.82) is 5.26 Å². The molecule has 0 atom stereocenters. The van der Waals surface area contributed by atoms with Crippen molar-refractivity contribution in [3.05, 3.63) is 65.2 Å². The van der Waals surface area contributed by atoms with Crippen LogP contribution < -0.4 is 14.8 Å². The van der Waals surface area contributed by atoms with Crippen molar-refractivity contribution in [2.24, 2.45) is 5.92 Å². The molecule has 0 fully saturated rings. The Labute approximate surface area is 214 Å². The van der Waals surface area contributed by atoms with E-state index < -0.39 is 15.7 Å². The van der Waals surface area contributed by atoms with Gasteiger partial charge in [-0.25, -0.2) is 8.42 Å². The van der Waals surface area contributed by atoms with Crippen LogP contribution in [0.5, 0.6) is 11.5 Å². The fourth-order valence-electron chi connectivity index (χ4n) is 3.07. The molecule has 36 heavy (non-hydrogen) atoms. The zero-order valence-corrected chi connectivity index (χ0v) is 21.7. The number of rotatable bonds is 11. The highest BCUT2D eigenvalue weighted by Crippen LogP contribution is 2.20. The van der Waals surface area contributed by atoms with E-state index in [0.717, 1.165) is 22.8 Å². The summed E-state index contributed by atoms with van der Waals surface area (Å²) in [5.41, 5.74) is 1.49. The van der Waals surface area contributed by atoms with Crippen molar-refractivity contribution in [2.75, 3.05) is 24.3 Å². The fourth-order valence-corrected chi connectivity index (χ4v) is 5.42. The van der Waals surface area contributed by atoms with E-state index in [2.05, 4.69) is 14.7 Å². The van der Waals surface area contributed by atoms with Crippen LogP contribution in [0.2, 0.25) is 0 Å². The number of nitrogens with one attached hydrogen (secondary N) is 1. The number of anilines is 1. The number of hydrogen-bond acceptors (Lipinski definition) is 9. The molecule has 1 aromatic heterocycles. The molecule has 3 aromatic rings. The molecule has 0 spiro atoms. The molecule has 3 rings (SSSR count). The Bertz CT molecular complexity index is 1370. The van der Waals surface area contributed by atoms with Crippen molar-refractivity contribution in [2.45, 2.75) is 25.9 Å². The van der Waals surface area contributed by atoms with E-state index >= 15 is 0 Å². The fraction of sp³-hybridized carbons (Fsp3) is 0.280. The second-order valence-corrected chi connectivity index (χ2v) is 10.9. The van der Waals surface area contributed by atoms with Crippen LogP contribution in [-0.4, -0.2) is 42.6 Å². The lowest BCUT2D eigenvalue weighted by molar-refractivity contribution is -0.112. The van der Waals surface area contributed by atoms with Gasteiger partial charge in [-0.1, -0.05) is 44.2 Å². The van der Waals surface area contributed by atoms with Crippen molar-refractivity contribution in [3.63, 3.8) is 0 Å². The van der Waals surface area contributed by atoms with Gasteiger partial charge in [0, 0.05) is 11.5 Å². The Morgan fingerprint density at radius 1 is 1.14 bits per heavy atom. The lowest BCUT2D eigenvalue weighted by Gasteiger charge is -2.10. The SMILES string of the molecule is Cc1ccccc1OCCOc1ccc(/C=C(/C#N)C(=O)Nc2nc(S(=O)(=O)CC(C)C)ns2)cc1. The van der Waals surface area contributed by atoms with E-state index in [1.165, 1.54) is 6.08 Å². The minimum atomic E-state index is -3.64. The molecule has 9 nitrogen and oxygen atoms in total. The van der Waals surface area contributed by atoms with E-state index in [-0.39, 0.29) is 27.5 Å². The lowest BCUT2D eigenvalue weighted by atomic mass is 10.1. The summed E-state index contributed by atoms with van der Waals surface area (Å²) in [7, 11) is -3.64. The van der Waals surface area contributed by atoms with E-state index in [1.807, 2.05) is 37.3 Å². The van der Waals surface area contributed by atoms with Gasteiger partial charge in [-0.15, -0.1) is 0 Å². The minimum absolute atomic E-state index is 0.000134. The summed E-state index contributed by atoms with van der Waals surface area (Å²) < 4.78 is 39.7. The van der Waals surface area contributed by atoms with Crippen molar-refractivity contribution in [1.82, 2.24) is 9.36 Å². The van der Waals surface area contributed by atoms with Gasteiger partial charge >= 0.3 is 0 Å². The molecular weight excluding hydrogens is 500 g/mol. The van der Waals surface area contributed by atoms with E-state index in [0.29, 0.717) is 24.5 Å². The number of nitriles is 1. The molecule has 0 aliphatic carbocycles. The van der Waals surface area contributed by atoms with E-state index in [4.69, 9.17) is 9.47 Å². The van der Waals surface area contributed by atoms with Crippen molar-refractivity contribution < 1.29 is 22.7 Å². The van der Waals surface area contributed by atoms with Crippen LogP contribution in [0.4, 0.5) is 5.13 Å². The Kier molecular flexibility index (Phi) is 9.16. The van der Waals surface area contributed by atoms with Gasteiger partial charge in [0.1, 0.15) is 36.4 Å². The normalized spacial score (nSPS) is 11.7. The molecule has 0 aliphatic rings. The number of nitrogens with zero attached hydrogens (tertiary/aromatic N) is 3. The first-order valence-electron chi connectivity index (χ1n) is 11.1. The number of ether oxygens (including phenoxy) is 2. The Morgan fingerprint density at radius 3 is 2.50 bits per heavy atom. The second-order valence-electron chi connectivity index (χ2n) is 8.21. The van der Waals surface area contributed by atoms with Gasteiger partial charge in [-0.3, -0.25) is 10.1 Å². The molecule has 0 radical (unpaired) electrons. The molecular formula is C25H26N4O5S2. The maximum Gasteiger partial charge on any atom is 0.268 e. The number of aryl methyl sites for hydroxylation is 1. The number of carbonyl (C=O) groups is 1. The summed E-state index contributed by atoms with van der Waals surface area (Å²) in [6.45, 7) is 6.26. The van der Waals surface area contributed by atoms with E-state index in [1.54, 1.807) is 38.1 Å². The van der Waals surface area contributed by atoms with Gasteiger partial charge in [0.2, 0.25) is 15.0 Å². The third kappa shape index (κ3) is 7.63. The van der Waals surface area contributed by atoms with Crippen molar-refractivity contribution >= 4 is 38.5 Å². The predicted octanol–water partition coefficient (Wildman–Crippen LogP) is 4.28. The topological polar surface area (TPSA) is 131 Å². The van der Waals surface area contributed by atoms with Crippen molar-refractivity contribution in [3.8, 4) is 17.6 Å². The number of hydrogen-bond donors (Lipinski definition) is 1. The Hall–Kier alpha value is -3.75. The number of para-hydroxylation sites is 1. The smallest absolute Gasteiger partial charge is 0.268 e. The third-order valence-electron chi connectivity index (χ3n) is 4.72. The molecule has 1 amide bonds. The summed E-state index contributed by atoms with van der Waals surface area (Å²) in [6.07, 6.45) is 1.41. The Balaban J connectivity index is 1.56. The lowest BCUT2D eigenvalue weighted by Crippen LogP contribution is -2.15. The van der Waals surface area contributed by atoms with Gasteiger partial charge in [0.25, 0.3) is 11.1 Å². The average molecular weight is 527 g/mol. The quantitative estimate of drug-likeness (QED) is 0.222. The largest absolute Gasteiger partial charge is 0.490 e. The molecule has 188 valence electrons. The van der Waals surface area contributed by atoms with Gasteiger partial charge in [0.05, 0.1) is 5.75 Å². The first-order chi connectivity index (χ1) is 17.2. The summed E-state index contributed by atoms with van der Waals surface area (Å²) in [5, 5.41) is 11.5. The van der Waals surface area contributed by atoms with Crippen LogP contribution in [0, 0.1) is 24.2 Å². The third-order valence-corrected chi connectivity index (χ3v) is 7.31. The van der Waals surface area contributed by atoms with Gasteiger partial charge in [-0.05, 0) is 48.2 Å². The number of amides is 1. The highest BCUT2D eigenvalue weighted by molar-refractivity contribution is 7.91. The van der Waals surface area contributed by atoms with Crippen LogP contribution in [0.15, 0.2) is 59.3 Å². The van der Waals surface area contributed by atoms with Gasteiger partial charge in [-0.2, -0.15) is 14.6 Å². The monoisotopic (exact) mass is 526 g/mol. The summed E-state index contributed by atoms with van der Waals surface area (Å²) in [6, 6.07) is 16.5. The molecule has 11 heteroatoms. The van der Waals surface area contributed by atoms with Gasteiger partial charge < -0.3 is 9.47 Å². The van der Waals surface area contributed by atoms with E-state index in [9.17, 15) is 18.5 Å². The maximum atomic E-state index is 12.5. The molecule has 1 heterocycles. The molecule has 0 aliphatic heterocycles. The summed E-state index contributed by atoms with van der Waals surface area (Å²) in [4.78, 5) is 16.4. The van der Waals surface area contributed by atoms with Crippen LogP contribution >= 0.6 is 11.5 Å². The molecule has 0 unspecified atom stereocenters. The highest BCUT2D eigenvalue weighted by Gasteiger charge is 2.23. The minimum Gasteiger partial charge on any atom is -0.490 e. The van der Waals surface area contributed by atoms with Crippen LogP contribution in [0.3, 0.4) is 0 Å².